The summed E-state index contributed by atoms with van der Waals surface area (Å²) >= 11 is 0. The van der Waals surface area contributed by atoms with E-state index < -0.39 is 0 Å². The Labute approximate surface area is 207 Å². The first-order valence-electron chi connectivity index (χ1n) is 11.7. The van der Waals surface area contributed by atoms with Crippen LogP contribution in [0.1, 0.15) is 47.9 Å². The van der Waals surface area contributed by atoms with Gasteiger partial charge in [-0.3, -0.25) is 9.79 Å². The molecule has 2 rings (SSSR count). The summed E-state index contributed by atoms with van der Waals surface area (Å²) in [5.41, 5.74) is 18.2. The zero-order valence-electron chi connectivity index (χ0n) is 21.0. The Morgan fingerprint density at radius 3 is 2.49 bits per heavy atom. The van der Waals surface area contributed by atoms with Gasteiger partial charge in [0.15, 0.2) is 18.1 Å². The number of nitrogens with zero attached hydrogens (tertiary/aromatic N) is 3. The van der Waals surface area contributed by atoms with Gasteiger partial charge in [0.05, 0.1) is 11.8 Å². The number of aliphatic hydroxyl groups is 1. The highest BCUT2D eigenvalue weighted by molar-refractivity contribution is 5.79. The number of aryl methyl sites for hydroxylation is 2. The molecule has 1 atom stereocenters. The molecule has 11 nitrogen and oxygen atoms in total. The molecule has 2 aromatic rings. The molecule has 1 aromatic carbocycles. The number of aliphatic imine (C=N–C) groups is 1. The summed E-state index contributed by atoms with van der Waals surface area (Å²) in [6, 6.07) is 8.27. The Hall–Kier alpha value is -3.44. The quantitative estimate of drug-likeness (QED) is 0.103. The van der Waals surface area contributed by atoms with E-state index in [0.717, 1.165) is 51.1 Å². The van der Waals surface area contributed by atoms with E-state index >= 15 is 0 Å². The van der Waals surface area contributed by atoms with Gasteiger partial charge < -0.3 is 37.7 Å². The van der Waals surface area contributed by atoms with Crippen molar-refractivity contribution >= 4 is 23.9 Å². The molecule has 0 saturated heterocycles. The topological polar surface area (TPSA) is 187 Å². The van der Waals surface area contributed by atoms with Gasteiger partial charge >= 0.3 is 0 Å². The van der Waals surface area contributed by atoms with Crippen LogP contribution < -0.4 is 32.6 Å². The number of hydrogen-bond donors (Lipinski definition) is 6. The number of anilines is 2. The smallest absolute Gasteiger partial charge is 0.188 e. The molecule has 0 saturated carbocycles. The van der Waals surface area contributed by atoms with E-state index in [-0.39, 0.29) is 23.4 Å². The van der Waals surface area contributed by atoms with Crippen molar-refractivity contribution in [3.63, 3.8) is 0 Å². The highest BCUT2D eigenvalue weighted by Crippen LogP contribution is 2.13. The van der Waals surface area contributed by atoms with Crippen LogP contribution in [-0.2, 0) is 6.42 Å². The van der Waals surface area contributed by atoms with E-state index in [2.05, 4.69) is 37.7 Å². The minimum Gasteiger partial charge on any atom is -0.492 e. The summed E-state index contributed by atoms with van der Waals surface area (Å²) in [4.78, 5) is 21.6. The first-order valence-corrected chi connectivity index (χ1v) is 11.7. The third-order valence-corrected chi connectivity index (χ3v) is 4.92. The average Bonchev–Trinajstić information content (AvgIpc) is 2.84. The van der Waals surface area contributed by atoms with Gasteiger partial charge in [-0.15, -0.1) is 0 Å². The van der Waals surface area contributed by atoms with E-state index in [1.165, 1.54) is 5.56 Å². The van der Waals surface area contributed by atoms with Crippen molar-refractivity contribution in [2.45, 2.75) is 45.6 Å². The highest BCUT2D eigenvalue weighted by Gasteiger charge is 2.04. The Morgan fingerprint density at radius 1 is 1.14 bits per heavy atom. The lowest BCUT2D eigenvalue weighted by Gasteiger charge is -2.09. The Balaban J connectivity index is 0.000000462. The van der Waals surface area contributed by atoms with Gasteiger partial charge in [-0.05, 0) is 63.8 Å². The van der Waals surface area contributed by atoms with E-state index in [1.807, 2.05) is 12.1 Å². The number of hydrogen-bond acceptors (Lipinski definition) is 9. The first kappa shape index (κ1) is 29.6. The van der Waals surface area contributed by atoms with Crippen LogP contribution in [0, 0.1) is 6.92 Å². The molecule has 0 fully saturated rings. The number of carbonyl (C=O) groups excluding carboxylic acids is 1. The second-order valence-electron chi connectivity index (χ2n) is 7.96. The number of unbranched alkanes of at least 4 members (excludes halogenated alkanes) is 1. The van der Waals surface area contributed by atoms with Crippen LogP contribution in [0.4, 0.5) is 11.6 Å². The van der Waals surface area contributed by atoms with Crippen molar-refractivity contribution in [3.05, 3.63) is 41.2 Å². The average molecular weight is 489 g/mol. The fourth-order valence-corrected chi connectivity index (χ4v) is 2.83. The van der Waals surface area contributed by atoms with Gasteiger partial charge in [-0.1, -0.05) is 12.1 Å². The van der Waals surface area contributed by atoms with Crippen molar-refractivity contribution in [2.24, 2.45) is 10.7 Å². The number of aliphatic hydroxyl groups excluding tert-OH is 1. The summed E-state index contributed by atoms with van der Waals surface area (Å²) < 4.78 is 5.69. The van der Waals surface area contributed by atoms with Crippen LogP contribution in [0.25, 0.3) is 0 Å². The monoisotopic (exact) mass is 488 g/mol. The van der Waals surface area contributed by atoms with Crippen molar-refractivity contribution in [1.29, 1.82) is 0 Å². The van der Waals surface area contributed by atoms with Gasteiger partial charge in [0.25, 0.3) is 0 Å². The maximum absolute atomic E-state index is 10.3. The molecule has 0 aliphatic carbocycles. The molecule has 1 aromatic heterocycles. The van der Waals surface area contributed by atoms with Gasteiger partial charge in [0.1, 0.15) is 23.9 Å². The molecule has 194 valence electrons. The van der Waals surface area contributed by atoms with Crippen LogP contribution in [0.2, 0.25) is 0 Å². The summed E-state index contributed by atoms with van der Waals surface area (Å²) in [5.74, 6) is 1.72. The van der Waals surface area contributed by atoms with Crippen LogP contribution in [0.5, 0.6) is 5.75 Å². The zero-order valence-corrected chi connectivity index (χ0v) is 21.0. The largest absolute Gasteiger partial charge is 0.492 e. The summed E-state index contributed by atoms with van der Waals surface area (Å²) in [7, 11) is 1.68. The standard InChI is InChI=1S/C18H32N4O2.C6H8N4O/c1-15(23)10-12-21-13-14-24-17-8-6-16(7-9-17)5-3-4-11-22-18(19)20-2;1-3-5(7)10-6(8)4(2-11)9-3/h6-9,15,21,23H,3-5,10-14H2,1-2H3,(H3,19,20,22);2H,1H3,(H4,7,8,10). The van der Waals surface area contributed by atoms with Crippen molar-refractivity contribution in [3.8, 4) is 5.75 Å². The molecule has 1 heterocycles. The Kier molecular flexibility index (Phi) is 14.4. The number of ether oxygens (including phenoxy) is 1. The van der Waals surface area contributed by atoms with Crippen LogP contribution >= 0.6 is 0 Å². The van der Waals surface area contributed by atoms with Crippen LogP contribution in [0.15, 0.2) is 29.3 Å². The zero-order chi connectivity index (χ0) is 26.1. The minimum absolute atomic E-state index is 0.0723. The SMILES string of the molecule is CN=C(N)NCCCCc1ccc(OCCNCCC(C)O)cc1.Cc1nc(C=O)c(N)nc1N. The molecule has 0 bridgehead atoms. The molecule has 9 N–H and O–H groups in total. The molecule has 0 amide bonds. The molecule has 0 aliphatic rings. The summed E-state index contributed by atoms with van der Waals surface area (Å²) in [5, 5.41) is 15.5. The van der Waals surface area contributed by atoms with Gasteiger partial charge in [0.2, 0.25) is 0 Å². The van der Waals surface area contributed by atoms with Crippen molar-refractivity contribution in [2.75, 3.05) is 44.8 Å². The maximum Gasteiger partial charge on any atom is 0.188 e. The third kappa shape index (κ3) is 13.1. The number of guanidine groups is 1. The fraction of sp³-hybridized carbons (Fsp3) is 0.500. The van der Waals surface area contributed by atoms with Gasteiger partial charge in [0, 0.05) is 20.1 Å². The van der Waals surface area contributed by atoms with Crippen LogP contribution in [0.3, 0.4) is 0 Å². The van der Waals surface area contributed by atoms with Crippen molar-refractivity contribution in [1.82, 2.24) is 20.6 Å². The minimum atomic E-state index is -0.251. The number of nitrogens with two attached hydrogens (primary N) is 3. The second kappa shape index (κ2) is 17.1. The second-order valence-corrected chi connectivity index (χ2v) is 7.96. The Bertz CT molecular complexity index is 904. The molecule has 1 unspecified atom stereocenters. The molecule has 35 heavy (non-hydrogen) atoms. The molecule has 11 heteroatoms. The molecular formula is C24H40N8O3. The van der Waals surface area contributed by atoms with Crippen molar-refractivity contribution < 1.29 is 14.6 Å². The number of aldehydes is 1. The fourth-order valence-electron chi connectivity index (χ4n) is 2.83. The predicted octanol–water partition coefficient (Wildman–Crippen LogP) is 1.04. The molecular weight excluding hydrogens is 448 g/mol. The van der Waals surface area contributed by atoms with E-state index in [4.69, 9.17) is 27.0 Å². The Morgan fingerprint density at radius 2 is 1.86 bits per heavy atom. The van der Waals surface area contributed by atoms with Gasteiger partial charge in [-0.25, -0.2) is 9.97 Å². The van der Waals surface area contributed by atoms with E-state index in [0.29, 0.717) is 24.5 Å². The summed E-state index contributed by atoms with van der Waals surface area (Å²) in [6.07, 6.45) is 4.28. The lowest BCUT2D eigenvalue weighted by molar-refractivity contribution is 0.111. The molecule has 0 aliphatic heterocycles. The molecule has 0 spiro atoms. The van der Waals surface area contributed by atoms with Crippen LogP contribution in [-0.4, -0.2) is 66.7 Å². The maximum atomic E-state index is 10.3. The van der Waals surface area contributed by atoms with E-state index in [1.54, 1.807) is 20.9 Å². The number of carbonyl (C=O) groups is 1. The normalized spacial score (nSPS) is 11.8. The first-order chi connectivity index (χ1) is 16.8. The number of nitrogens with one attached hydrogen (secondary N) is 2. The van der Waals surface area contributed by atoms with E-state index in [9.17, 15) is 4.79 Å². The summed E-state index contributed by atoms with van der Waals surface area (Å²) in [6.45, 7) is 6.54. The molecule has 0 radical (unpaired) electrons. The highest BCUT2D eigenvalue weighted by atomic mass is 16.5. The number of aromatic nitrogens is 2. The number of benzene rings is 1. The predicted molar refractivity (Wildman–Crippen MR) is 141 cm³/mol. The number of rotatable bonds is 13. The lowest BCUT2D eigenvalue weighted by atomic mass is 10.1. The van der Waals surface area contributed by atoms with Gasteiger partial charge in [-0.2, -0.15) is 0 Å². The number of nitrogen functional groups attached to an aromatic ring is 2. The lowest BCUT2D eigenvalue weighted by Crippen LogP contribution is -2.32. The third-order valence-electron chi connectivity index (χ3n) is 4.92.